The van der Waals surface area contributed by atoms with Gasteiger partial charge in [-0.3, -0.25) is 0 Å². The lowest BCUT2D eigenvalue weighted by Crippen LogP contribution is -2.16. The van der Waals surface area contributed by atoms with Gasteiger partial charge in [0.15, 0.2) is 0 Å². The Morgan fingerprint density at radius 3 is 2.67 bits per heavy atom. The van der Waals surface area contributed by atoms with Crippen molar-refractivity contribution in [1.29, 1.82) is 0 Å². The molecule has 0 rings (SSSR count). The van der Waals surface area contributed by atoms with E-state index in [2.05, 4.69) is 4.90 Å². The minimum absolute atomic E-state index is 0.792. The Balaban J connectivity index is 3.15. The van der Waals surface area contributed by atoms with Crippen LogP contribution in [0.3, 0.4) is 0 Å². The number of hydrogen-bond acceptors (Lipinski definition) is 2. The van der Waals surface area contributed by atoms with Crippen LogP contribution in [0, 0.1) is 0 Å². The highest BCUT2D eigenvalue weighted by Gasteiger charge is 1.86. The van der Waals surface area contributed by atoms with E-state index in [1.807, 2.05) is 26.2 Å². The lowest BCUT2D eigenvalue weighted by molar-refractivity contribution is 0.177. The van der Waals surface area contributed by atoms with Gasteiger partial charge in [0.25, 0.3) is 0 Å². The van der Waals surface area contributed by atoms with Gasteiger partial charge in [-0.25, -0.2) is 0 Å². The Labute approximate surface area is 57.1 Å². The van der Waals surface area contributed by atoms with Gasteiger partial charge in [0, 0.05) is 20.7 Å². The summed E-state index contributed by atoms with van der Waals surface area (Å²) >= 11 is 0. The maximum absolute atomic E-state index is 4.88. The van der Waals surface area contributed by atoms with Gasteiger partial charge in [0.05, 0.1) is 6.61 Å². The molecule has 2 heteroatoms. The van der Waals surface area contributed by atoms with Crippen molar-refractivity contribution >= 4 is 0 Å². The van der Waals surface area contributed by atoms with Crippen LogP contribution < -0.4 is 0 Å². The zero-order valence-corrected chi connectivity index (χ0v) is 6.42. The summed E-state index contributed by atoms with van der Waals surface area (Å²) in [4.78, 5) is 2.09. The van der Waals surface area contributed by atoms with Crippen LogP contribution in [0.4, 0.5) is 0 Å². The first kappa shape index (κ1) is 8.50. The molecule has 9 heavy (non-hydrogen) atoms. The molecule has 0 atom stereocenters. The standard InChI is InChI=1S/C7H15NO/c1-4-5-8(2)6-7-9-3/h4-5H,6-7H2,1-3H3/b5-4-. The molecule has 0 bridgehead atoms. The lowest BCUT2D eigenvalue weighted by Gasteiger charge is -2.11. The van der Waals surface area contributed by atoms with Crippen LogP contribution in [0.5, 0.6) is 0 Å². The van der Waals surface area contributed by atoms with Gasteiger partial charge in [-0.1, -0.05) is 6.08 Å². The van der Waals surface area contributed by atoms with Gasteiger partial charge in [0.2, 0.25) is 0 Å². The van der Waals surface area contributed by atoms with E-state index in [-0.39, 0.29) is 0 Å². The fourth-order valence-electron chi connectivity index (χ4n) is 0.564. The zero-order valence-electron chi connectivity index (χ0n) is 6.42. The van der Waals surface area contributed by atoms with Crippen molar-refractivity contribution in [3.05, 3.63) is 12.3 Å². The third kappa shape index (κ3) is 5.37. The molecule has 0 radical (unpaired) electrons. The lowest BCUT2D eigenvalue weighted by atomic mass is 10.6. The fraction of sp³-hybridized carbons (Fsp3) is 0.714. The second-order valence-electron chi connectivity index (χ2n) is 1.96. The van der Waals surface area contributed by atoms with Crippen LogP contribution in [-0.2, 0) is 4.74 Å². The third-order valence-corrected chi connectivity index (χ3v) is 1.05. The quantitative estimate of drug-likeness (QED) is 0.563. The highest BCUT2D eigenvalue weighted by molar-refractivity contribution is 4.75. The number of allylic oxidation sites excluding steroid dienone is 1. The Kier molecular flexibility index (Phi) is 5.32. The van der Waals surface area contributed by atoms with E-state index in [9.17, 15) is 0 Å². The summed E-state index contributed by atoms with van der Waals surface area (Å²) in [5.74, 6) is 0. The smallest absolute Gasteiger partial charge is 0.0637 e. The SMILES string of the molecule is C/C=C\N(C)CCOC. The normalized spacial score (nSPS) is 10.6. The van der Waals surface area contributed by atoms with E-state index in [1.165, 1.54) is 0 Å². The van der Waals surface area contributed by atoms with E-state index in [0.29, 0.717) is 0 Å². The van der Waals surface area contributed by atoms with E-state index >= 15 is 0 Å². The Hall–Kier alpha value is -0.500. The highest BCUT2D eigenvalue weighted by Crippen LogP contribution is 1.82. The average Bonchev–Trinajstić information content (AvgIpc) is 1.85. The van der Waals surface area contributed by atoms with Crippen LogP contribution in [0.1, 0.15) is 6.92 Å². The van der Waals surface area contributed by atoms with Crippen molar-refractivity contribution in [2.24, 2.45) is 0 Å². The van der Waals surface area contributed by atoms with Crippen molar-refractivity contribution in [2.45, 2.75) is 6.92 Å². The first-order chi connectivity index (χ1) is 4.31. The predicted octanol–water partition coefficient (Wildman–Crippen LogP) is 1.10. The molecule has 54 valence electrons. The Morgan fingerprint density at radius 1 is 1.56 bits per heavy atom. The molecule has 0 aliphatic carbocycles. The summed E-state index contributed by atoms with van der Waals surface area (Å²) in [5.41, 5.74) is 0. The molecule has 0 unspecified atom stereocenters. The van der Waals surface area contributed by atoms with Crippen molar-refractivity contribution in [1.82, 2.24) is 4.90 Å². The molecule has 0 saturated heterocycles. The number of ether oxygens (including phenoxy) is 1. The predicted molar refractivity (Wildman–Crippen MR) is 39.3 cm³/mol. The van der Waals surface area contributed by atoms with Gasteiger partial charge in [-0.2, -0.15) is 0 Å². The summed E-state index contributed by atoms with van der Waals surface area (Å²) in [6.07, 6.45) is 4.04. The molecule has 0 aliphatic heterocycles. The van der Waals surface area contributed by atoms with Crippen molar-refractivity contribution in [3.8, 4) is 0 Å². The van der Waals surface area contributed by atoms with Crippen LogP contribution in [0.15, 0.2) is 12.3 Å². The Morgan fingerprint density at radius 2 is 2.22 bits per heavy atom. The molecule has 2 nitrogen and oxygen atoms in total. The molecule has 0 amide bonds. The van der Waals surface area contributed by atoms with Crippen LogP contribution in [0.2, 0.25) is 0 Å². The van der Waals surface area contributed by atoms with Crippen LogP contribution >= 0.6 is 0 Å². The minimum atomic E-state index is 0.792. The van der Waals surface area contributed by atoms with Gasteiger partial charge >= 0.3 is 0 Å². The Bertz CT molecular complexity index is 81.0. The van der Waals surface area contributed by atoms with Crippen molar-refractivity contribution < 1.29 is 4.74 Å². The molecule has 0 N–H and O–H groups in total. The van der Waals surface area contributed by atoms with Gasteiger partial charge in [-0.15, -0.1) is 0 Å². The number of likely N-dealkylation sites (N-methyl/N-ethyl adjacent to an activating group) is 1. The fourth-order valence-corrected chi connectivity index (χ4v) is 0.564. The number of hydrogen-bond donors (Lipinski definition) is 0. The molecule has 0 fully saturated rings. The van der Waals surface area contributed by atoms with Gasteiger partial charge < -0.3 is 9.64 Å². The summed E-state index contributed by atoms with van der Waals surface area (Å²) in [6.45, 7) is 3.75. The molecule has 0 heterocycles. The van der Waals surface area contributed by atoms with E-state index in [0.717, 1.165) is 13.2 Å². The van der Waals surface area contributed by atoms with E-state index < -0.39 is 0 Å². The second-order valence-corrected chi connectivity index (χ2v) is 1.96. The summed E-state index contributed by atoms with van der Waals surface area (Å²) in [6, 6.07) is 0. The van der Waals surface area contributed by atoms with Crippen molar-refractivity contribution in [2.75, 3.05) is 27.3 Å². The monoisotopic (exact) mass is 129 g/mol. The molecule has 0 aromatic carbocycles. The molecule has 0 aliphatic rings. The van der Waals surface area contributed by atoms with E-state index in [4.69, 9.17) is 4.74 Å². The molecular weight excluding hydrogens is 114 g/mol. The maximum Gasteiger partial charge on any atom is 0.0637 e. The van der Waals surface area contributed by atoms with Crippen LogP contribution in [-0.4, -0.2) is 32.2 Å². The van der Waals surface area contributed by atoms with Crippen LogP contribution in [0.25, 0.3) is 0 Å². The average molecular weight is 129 g/mol. The number of rotatable bonds is 4. The van der Waals surface area contributed by atoms with E-state index in [1.54, 1.807) is 7.11 Å². The largest absolute Gasteiger partial charge is 0.383 e. The number of nitrogens with zero attached hydrogens (tertiary/aromatic N) is 1. The first-order valence-corrected chi connectivity index (χ1v) is 3.13. The molecule has 0 aromatic rings. The summed E-state index contributed by atoms with van der Waals surface area (Å²) in [7, 11) is 3.74. The third-order valence-electron chi connectivity index (χ3n) is 1.05. The molecule has 0 aromatic heterocycles. The molecular formula is C7H15NO. The highest BCUT2D eigenvalue weighted by atomic mass is 16.5. The zero-order chi connectivity index (χ0) is 7.11. The first-order valence-electron chi connectivity index (χ1n) is 3.13. The second kappa shape index (κ2) is 5.63. The molecule has 0 spiro atoms. The maximum atomic E-state index is 4.88. The van der Waals surface area contributed by atoms with Crippen molar-refractivity contribution in [3.63, 3.8) is 0 Å². The minimum Gasteiger partial charge on any atom is -0.383 e. The summed E-state index contributed by atoms with van der Waals surface area (Å²) in [5, 5.41) is 0. The molecule has 0 saturated carbocycles. The summed E-state index contributed by atoms with van der Waals surface area (Å²) < 4.78 is 4.88. The number of methoxy groups -OCH3 is 1. The van der Waals surface area contributed by atoms with Gasteiger partial charge in [-0.05, 0) is 13.1 Å². The topological polar surface area (TPSA) is 12.5 Å². The van der Waals surface area contributed by atoms with Gasteiger partial charge in [0.1, 0.15) is 0 Å².